The van der Waals surface area contributed by atoms with Gasteiger partial charge >= 0.3 is 0 Å². The van der Waals surface area contributed by atoms with Gasteiger partial charge in [-0.15, -0.1) is 0 Å². The van der Waals surface area contributed by atoms with E-state index in [1.807, 2.05) is 0 Å². The summed E-state index contributed by atoms with van der Waals surface area (Å²) in [7, 11) is 0. The molecule has 2 aliphatic rings. The summed E-state index contributed by atoms with van der Waals surface area (Å²) >= 11 is 0. The summed E-state index contributed by atoms with van der Waals surface area (Å²) in [6, 6.07) is 0. The van der Waals surface area contributed by atoms with Crippen molar-refractivity contribution in [3.63, 3.8) is 0 Å². The van der Waals surface area contributed by atoms with E-state index in [2.05, 4.69) is 13.8 Å². The molecule has 0 aromatic rings. The van der Waals surface area contributed by atoms with E-state index in [0.717, 1.165) is 23.7 Å². The van der Waals surface area contributed by atoms with Crippen molar-refractivity contribution in [2.45, 2.75) is 71.6 Å². The summed E-state index contributed by atoms with van der Waals surface area (Å²) in [6.07, 6.45) is 13.7. The van der Waals surface area contributed by atoms with E-state index in [-0.39, 0.29) is 0 Å². The maximum absolute atomic E-state index is 2.45. The summed E-state index contributed by atoms with van der Waals surface area (Å²) < 4.78 is 0. The van der Waals surface area contributed by atoms with Gasteiger partial charge in [-0.1, -0.05) is 58.8 Å². The molecule has 0 aromatic heterocycles. The van der Waals surface area contributed by atoms with Crippen LogP contribution in [0.3, 0.4) is 0 Å². The highest BCUT2D eigenvalue weighted by Crippen LogP contribution is 2.44. The topological polar surface area (TPSA) is 0 Å². The molecular formula is C15H28. The minimum Gasteiger partial charge on any atom is -0.0625 e. The zero-order valence-corrected chi connectivity index (χ0v) is 10.7. The normalized spacial score (nSPS) is 34.6. The molecule has 2 rings (SSSR count). The van der Waals surface area contributed by atoms with Gasteiger partial charge in [0.1, 0.15) is 0 Å². The summed E-state index contributed by atoms with van der Waals surface area (Å²) in [4.78, 5) is 0. The van der Waals surface area contributed by atoms with Gasteiger partial charge in [-0.3, -0.25) is 0 Å². The van der Waals surface area contributed by atoms with Gasteiger partial charge in [-0.2, -0.15) is 0 Å². The lowest BCUT2D eigenvalue weighted by Crippen LogP contribution is -2.31. The fraction of sp³-hybridized carbons (Fsp3) is 1.00. The summed E-state index contributed by atoms with van der Waals surface area (Å²) in [5, 5.41) is 0. The Labute approximate surface area is 95.8 Å². The molecule has 0 heteroatoms. The van der Waals surface area contributed by atoms with Gasteiger partial charge in [0.05, 0.1) is 0 Å². The highest BCUT2D eigenvalue weighted by atomic mass is 14.4. The smallest absolute Gasteiger partial charge is 0.0355 e. The molecule has 0 saturated heterocycles. The van der Waals surface area contributed by atoms with Crippen LogP contribution < -0.4 is 0 Å². The molecule has 0 spiro atoms. The predicted molar refractivity (Wildman–Crippen MR) is 66.9 cm³/mol. The minimum atomic E-state index is 0.928. The van der Waals surface area contributed by atoms with E-state index in [1.165, 1.54) is 38.5 Å². The van der Waals surface area contributed by atoms with E-state index in [1.54, 1.807) is 19.3 Å². The number of rotatable bonds is 2. The van der Waals surface area contributed by atoms with Crippen LogP contribution in [-0.4, -0.2) is 0 Å². The fourth-order valence-corrected chi connectivity index (χ4v) is 4.16. The third-order valence-corrected chi connectivity index (χ3v) is 4.99. The van der Waals surface area contributed by atoms with Crippen LogP contribution in [-0.2, 0) is 0 Å². The molecule has 2 fully saturated rings. The number of hydrogen-bond acceptors (Lipinski definition) is 0. The molecule has 0 bridgehead atoms. The molecule has 0 radical (unpaired) electrons. The van der Waals surface area contributed by atoms with Crippen LogP contribution in [0.15, 0.2) is 0 Å². The van der Waals surface area contributed by atoms with Crippen molar-refractivity contribution in [1.29, 1.82) is 0 Å². The van der Waals surface area contributed by atoms with Gasteiger partial charge in [0.2, 0.25) is 0 Å². The zero-order valence-electron chi connectivity index (χ0n) is 10.7. The third kappa shape index (κ3) is 2.77. The molecule has 0 nitrogen and oxygen atoms in total. The van der Waals surface area contributed by atoms with Crippen LogP contribution >= 0.6 is 0 Å². The van der Waals surface area contributed by atoms with Gasteiger partial charge in [-0.05, 0) is 36.5 Å². The third-order valence-electron chi connectivity index (χ3n) is 4.99. The second-order valence-electron chi connectivity index (χ2n) is 6.25. The first-order chi connectivity index (χ1) is 7.29. The minimum absolute atomic E-state index is 0.928. The molecule has 0 N–H and O–H groups in total. The monoisotopic (exact) mass is 208 g/mol. The van der Waals surface area contributed by atoms with Crippen LogP contribution in [0.4, 0.5) is 0 Å². The average Bonchev–Trinajstić information content (AvgIpc) is 2.30. The van der Waals surface area contributed by atoms with Crippen molar-refractivity contribution in [3.8, 4) is 0 Å². The van der Waals surface area contributed by atoms with Crippen LogP contribution in [0.25, 0.3) is 0 Å². The summed E-state index contributed by atoms with van der Waals surface area (Å²) in [5.41, 5.74) is 0. The molecule has 0 aromatic carbocycles. The van der Waals surface area contributed by atoms with Crippen molar-refractivity contribution in [1.82, 2.24) is 0 Å². The maximum atomic E-state index is 2.45. The van der Waals surface area contributed by atoms with Gasteiger partial charge in [0.15, 0.2) is 0 Å². The largest absolute Gasteiger partial charge is 0.0625 e. The first kappa shape index (κ1) is 11.5. The van der Waals surface area contributed by atoms with E-state index in [9.17, 15) is 0 Å². The highest BCUT2D eigenvalue weighted by Gasteiger charge is 2.33. The molecule has 15 heavy (non-hydrogen) atoms. The van der Waals surface area contributed by atoms with Crippen LogP contribution in [0.5, 0.6) is 0 Å². The Balaban J connectivity index is 1.96. The van der Waals surface area contributed by atoms with Gasteiger partial charge in [0.25, 0.3) is 0 Å². The van der Waals surface area contributed by atoms with Crippen molar-refractivity contribution < 1.29 is 0 Å². The van der Waals surface area contributed by atoms with Crippen LogP contribution in [0.2, 0.25) is 0 Å². The molecule has 0 unspecified atom stereocenters. The molecule has 2 saturated carbocycles. The first-order valence-electron chi connectivity index (χ1n) is 7.29. The molecule has 2 atom stereocenters. The van der Waals surface area contributed by atoms with E-state index in [4.69, 9.17) is 0 Å². The lowest BCUT2D eigenvalue weighted by Gasteiger charge is -2.41. The second kappa shape index (κ2) is 5.37. The van der Waals surface area contributed by atoms with Crippen LogP contribution in [0, 0.1) is 23.7 Å². The Morgan fingerprint density at radius 2 is 1.33 bits per heavy atom. The molecule has 2 aliphatic carbocycles. The first-order valence-corrected chi connectivity index (χ1v) is 7.29. The molecule has 0 amide bonds. The molecule has 0 aliphatic heterocycles. The summed E-state index contributed by atoms with van der Waals surface area (Å²) in [6.45, 7) is 4.90. The lowest BCUT2D eigenvalue weighted by molar-refractivity contribution is 0.0968. The average molecular weight is 208 g/mol. The van der Waals surface area contributed by atoms with Crippen molar-refractivity contribution in [2.24, 2.45) is 23.7 Å². The van der Waals surface area contributed by atoms with Crippen LogP contribution in [0.1, 0.15) is 71.6 Å². The lowest BCUT2D eigenvalue weighted by atomic mass is 9.65. The van der Waals surface area contributed by atoms with E-state index in [0.29, 0.717) is 0 Å². The standard InChI is InChI=1S/C15H28/c1-12(2)14-10-6-7-11-15(14)13-8-4-3-5-9-13/h12-15H,3-11H2,1-2H3/t14-,15+/m1/s1. The van der Waals surface area contributed by atoms with Gasteiger partial charge in [0, 0.05) is 0 Å². The predicted octanol–water partition coefficient (Wildman–Crippen LogP) is 5.03. The molecule has 88 valence electrons. The van der Waals surface area contributed by atoms with Crippen molar-refractivity contribution in [2.75, 3.05) is 0 Å². The van der Waals surface area contributed by atoms with Gasteiger partial charge in [-0.25, -0.2) is 0 Å². The second-order valence-corrected chi connectivity index (χ2v) is 6.25. The van der Waals surface area contributed by atoms with Gasteiger partial charge < -0.3 is 0 Å². The zero-order chi connectivity index (χ0) is 10.7. The Hall–Kier alpha value is 0. The Morgan fingerprint density at radius 3 is 2.00 bits per heavy atom. The molecular weight excluding hydrogens is 180 g/mol. The van der Waals surface area contributed by atoms with E-state index >= 15 is 0 Å². The van der Waals surface area contributed by atoms with E-state index < -0.39 is 0 Å². The quantitative estimate of drug-likeness (QED) is 0.597. The maximum Gasteiger partial charge on any atom is -0.0355 e. The van der Waals surface area contributed by atoms with Crippen molar-refractivity contribution >= 4 is 0 Å². The summed E-state index contributed by atoms with van der Waals surface area (Å²) in [5.74, 6) is 4.18. The fourth-order valence-electron chi connectivity index (χ4n) is 4.16. The Kier molecular flexibility index (Phi) is 4.11. The Morgan fingerprint density at radius 1 is 0.733 bits per heavy atom. The highest BCUT2D eigenvalue weighted by molar-refractivity contribution is 4.84. The number of hydrogen-bond donors (Lipinski definition) is 0. The van der Waals surface area contributed by atoms with Crippen molar-refractivity contribution in [3.05, 3.63) is 0 Å². The Bertz CT molecular complexity index is 176. The molecule has 0 heterocycles. The SMILES string of the molecule is CC(C)[C@H]1CCCC[C@H]1C1CCCCC1.